The van der Waals surface area contributed by atoms with Crippen molar-refractivity contribution in [3.05, 3.63) is 20.3 Å². The van der Waals surface area contributed by atoms with Crippen LogP contribution in [0.4, 0.5) is 0 Å². The van der Waals surface area contributed by atoms with Crippen molar-refractivity contribution in [1.29, 1.82) is 10.5 Å². The van der Waals surface area contributed by atoms with Gasteiger partial charge in [-0.25, -0.2) is 0 Å². The highest BCUT2D eigenvalue weighted by Crippen LogP contribution is 2.28. The van der Waals surface area contributed by atoms with E-state index >= 15 is 0 Å². The lowest BCUT2D eigenvalue weighted by atomic mass is 10.3. The summed E-state index contributed by atoms with van der Waals surface area (Å²) in [5.74, 6) is -0.276. The number of nitriles is 2. The SMILES string of the molecule is Cc1cc(C(=O)N(CC#N)CC#N)sc1Br. The number of hydrogen-bond donors (Lipinski definition) is 0. The number of halogens is 1. The van der Waals surface area contributed by atoms with Gasteiger partial charge in [0.15, 0.2) is 0 Å². The number of hydrogen-bond acceptors (Lipinski definition) is 4. The first-order chi connectivity index (χ1) is 7.60. The molecule has 1 rings (SSSR count). The summed E-state index contributed by atoms with van der Waals surface area (Å²) < 4.78 is 0.893. The molecule has 0 N–H and O–H groups in total. The molecule has 0 atom stereocenters. The number of carbonyl (C=O) groups is 1. The Morgan fingerprint density at radius 1 is 1.50 bits per heavy atom. The van der Waals surface area contributed by atoms with E-state index in [1.807, 2.05) is 19.1 Å². The predicted molar refractivity (Wildman–Crippen MR) is 63.9 cm³/mol. The molecule has 0 fully saturated rings. The van der Waals surface area contributed by atoms with Gasteiger partial charge in [0.1, 0.15) is 13.1 Å². The van der Waals surface area contributed by atoms with E-state index in [4.69, 9.17) is 10.5 Å². The largest absolute Gasteiger partial charge is 0.311 e. The van der Waals surface area contributed by atoms with Gasteiger partial charge >= 0.3 is 0 Å². The van der Waals surface area contributed by atoms with Crippen LogP contribution in [0.25, 0.3) is 0 Å². The van der Waals surface area contributed by atoms with Crippen molar-refractivity contribution in [2.45, 2.75) is 6.92 Å². The molecule has 1 aromatic heterocycles. The fraction of sp³-hybridized carbons (Fsp3) is 0.300. The van der Waals surface area contributed by atoms with Crippen molar-refractivity contribution in [1.82, 2.24) is 4.90 Å². The Kier molecular flexibility index (Phi) is 4.48. The Hall–Kier alpha value is -1.37. The molecule has 0 saturated carbocycles. The van der Waals surface area contributed by atoms with Crippen molar-refractivity contribution in [3.63, 3.8) is 0 Å². The lowest BCUT2D eigenvalue weighted by Gasteiger charge is -2.13. The number of aryl methyl sites for hydroxylation is 1. The zero-order valence-corrected chi connectivity index (χ0v) is 10.9. The minimum Gasteiger partial charge on any atom is -0.311 e. The maximum absolute atomic E-state index is 11.9. The van der Waals surface area contributed by atoms with Gasteiger partial charge in [-0.2, -0.15) is 10.5 Å². The molecule has 1 amide bonds. The normalized spacial score (nSPS) is 9.25. The average Bonchev–Trinajstić information content (AvgIpc) is 2.58. The number of carbonyl (C=O) groups excluding carboxylic acids is 1. The molecule has 82 valence electrons. The van der Waals surface area contributed by atoms with Crippen molar-refractivity contribution in [3.8, 4) is 12.1 Å². The molecule has 0 spiro atoms. The molecule has 1 aromatic rings. The van der Waals surface area contributed by atoms with Gasteiger partial charge < -0.3 is 4.90 Å². The molecule has 0 unspecified atom stereocenters. The quantitative estimate of drug-likeness (QED) is 0.804. The van der Waals surface area contributed by atoms with Gasteiger partial charge in [0, 0.05) is 0 Å². The van der Waals surface area contributed by atoms with Crippen LogP contribution >= 0.6 is 27.3 Å². The second kappa shape index (κ2) is 5.64. The Labute approximate surface area is 106 Å². The van der Waals surface area contributed by atoms with E-state index in [1.165, 1.54) is 16.2 Å². The Bertz CT molecular complexity index is 448. The Balaban J connectivity index is 2.91. The van der Waals surface area contributed by atoms with Crippen molar-refractivity contribution in [2.24, 2.45) is 0 Å². The summed E-state index contributed by atoms with van der Waals surface area (Å²) in [4.78, 5) is 13.7. The maximum Gasteiger partial charge on any atom is 0.265 e. The van der Waals surface area contributed by atoms with Crippen molar-refractivity contribution in [2.75, 3.05) is 13.1 Å². The van der Waals surface area contributed by atoms with Gasteiger partial charge in [-0.1, -0.05) is 0 Å². The van der Waals surface area contributed by atoms with Crippen molar-refractivity contribution < 1.29 is 4.79 Å². The van der Waals surface area contributed by atoms with E-state index in [0.717, 1.165) is 9.35 Å². The zero-order chi connectivity index (χ0) is 12.1. The van der Waals surface area contributed by atoms with Crippen LogP contribution in [0.2, 0.25) is 0 Å². The van der Waals surface area contributed by atoms with E-state index in [0.29, 0.717) is 4.88 Å². The van der Waals surface area contributed by atoms with Gasteiger partial charge in [0.25, 0.3) is 5.91 Å². The molecule has 0 aliphatic carbocycles. The van der Waals surface area contributed by atoms with Gasteiger partial charge in [-0.15, -0.1) is 11.3 Å². The molecule has 6 heteroatoms. The monoisotopic (exact) mass is 297 g/mol. The summed E-state index contributed by atoms with van der Waals surface area (Å²) in [6.45, 7) is 1.75. The highest BCUT2D eigenvalue weighted by atomic mass is 79.9. The topological polar surface area (TPSA) is 67.9 Å². The predicted octanol–water partition coefficient (Wildman–Crippen LogP) is 2.31. The van der Waals surface area contributed by atoms with Crippen LogP contribution in [0.3, 0.4) is 0 Å². The molecular formula is C10H8BrN3OS. The number of rotatable bonds is 3. The number of nitrogens with zero attached hydrogens (tertiary/aromatic N) is 3. The molecule has 0 aliphatic rings. The third-order valence-electron chi connectivity index (χ3n) is 1.88. The van der Waals surface area contributed by atoms with Crippen LogP contribution in [0.15, 0.2) is 9.85 Å². The highest BCUT2D eigenvalue weighted by molar-refractivity contribution is 9.11. The van der Waals surface area contributed by atoms with Crippen LogP contribution in [0.1, 0.15) is 15.2 Å². The molecule has 0 aromatic carbocycles. The molecule has 0 radical (unpaired) electrons. The van der Waals surface area contributed by atoms with E-state index < -0.39 is 0 Å². The smallest absolute Gasteiger partial charge is 0.265 e. The summed E-state index contributed by atoms with van der Waals surface area (Å²) in [5.41, 5.74) is 0.974. The third-order valence-corrected chi connectivity index (χ3v) is 4.00. The highest BCUT2D eigenvalue weighted by Gasteiger charge is 2.18. The summed E-state index contributed by atoms with van der Waals surface area (Å²) in [6, 6.07) is 5.49. The van der Waals surface area contributed by atoms with Gasteiger partial charge in [-0.3, -0.25) is 4.79 Å². The number of amides is 1. The zero-order valence-electron chi connectivity index (χ0n) is 8.53. The summed E-state index contributed by atoms with van der Waals surface area (Å²) in [6.07, 6.45) is 0. The average molecular weight is 298 g/mol. The number of thiophene rings is 1. The molecule has 16 heavy (non-hydrogen) atoms. The van der Waals surface area contributed by atoms with Crippen LogP contribution in [-0.2, 0) is 0 Å². The first kappa shape index (κ1) is 12.7. The molecular weight excluding hydrogens is 290 g/mol. The summed E-state index contributed by atoms with van der Waals surface area (Å²) >= 11 is 4.64. The molecule has 0 bridgehead atoms. The van der Waals surface area contributed by atoms with Crippen LogP contribution in [0.5, 0.6) is 0 Å². The fourth-order valence-corrected chi connectivity index (χ4v) is 2.59. The molecule has 0 saturated heterocycles. The second-order valence-corrected chi connectivity index (χ2v) is 5.41. The van der Waals surface area contributed by atoms with Crippen LogP contribution in [-0.4, -0.2) is 23.9 Å². The van der Waals surface area contributed by atoms with E-state index in [2.05, 4.69) is 15.9 Å². The Morgan fingerprint density at radius 3 is 2.44 bits per heavy atom. The van der Waals surface area contributed by atoms with E-state index in [1.54, 1.807) is 6.07 Å². The van der Waals surface area contributed by atoms with Crippen LogP contribution < -0.4 is 0 Å². The molecule has 4 nitrogen and oxygen atoms in total. The molecule has 1 heterocycles. The lowest BCUT2D eigenvalue weighted by Crippen LogP contribution is -2.31. The standard InChI is InChI=1S/C10H8BrN3OS/c1-7-6-8(16-9(7)11)10(15)14(4-2-12)5-3-13/h6H,4-5H2,1H3. The van der Waals surface area contributed by atoms with Gasteiger partial charge in [0.2, 0.25) is 0 Å². The van der Waals surface area contributed by atoms with Crippen molar-refractivity contribution >= 4 is 33.2 Å². The molecule has 0 aliphatic heterocycles. The van der Waals surface area contributed by atoms with Gasteiger partial charge in [-0.05, 0) is 34.5 Å². The maximum atomic E-state index is 11.9. The van der Waals surface area contributed by atoms with Gasteiger partial charge in [0.05, 0.1) is 20.8 Å². The third kappa shape index (κ3) is 2.82. The Morgan fingerprint density at radius 2 is 2.06 bits per heavy atom. The first-order valence-electron chi connectivity index (χ1n) is 4.39. The first-order valence-corrected chi connectivity index (χ1v) is 6.00. The van der Waals surface area contributed by atoms with Crippen LogP contribution in [0, 0.1) is 29.6 Å². The second-order valence-electron chi connectivity index (χ2n) is 3.04. The summed E-state index contributed by atoms with van der Waals surface area (Å²) in [7, 11) is 0. The summed E-state index contributed by atoms with van der Waals surface area (Å²) in [5, 5.41) is 17.1. The lowest BCUT2D eigenvalue weighted by molar-refractivity contribution is 0.0799. The fourth-order valence-electron chi connectivity index (χ4n) is 1.09. The minimum absolute atomic E-state index is 0.0685. The van der Waals surface area contributed by atoms with E-state index in [9.17, 15) is 4.79 Å². The minimum atomic E-state index is -0.276. The van der Waals surface area contributed by atoms with E-state index in [-0.39, 0.29) is 19.0 Å².